The summed E-state index contributed by atoms with van der Waals surface area (Å²) in [5, 5.41) is 3.79. The smallest absolute Gasteiger partial charge is 0.0330 e. The molecule has 0 radical (unpaired) electrons. The summed E-state index contributed by atoms with van der Waals surface area (Å²) >= 11 is 0. The van der Waals surface area contributed by atoms with E-state index in [1.54, 1.807) is 0 Å². The van der Waals surface area contributed by atoms with Gasteiger partial charge in [-0.2, -0.15) is 0 Å². The third kappa shape index (κ3) is 4.08. The maximum atomic E-state index is 3.79. The number of aryl methyl sites for hydroxylation is 1. The first-order valence-electron chi connectivity index (χ1n) is 8.40. The van der Waals surface area contributed by atoms with E-state index >= 15 is 0 Å². The fourth-order valence-electron chi connectivity index (χ4n) is 3.67. The van der Waals surface area contributed by atoms with E-state index in [1.807, 2.05) is 0 Å². The molecule has 118 valence electrons. The molecule has 1 N–H and O–H groups in total. The van der Waals surface area contributed by atoms with E-state index in [1.165, 1.54) is 36.8 Å². The van der Waals surface area contributed by atoms with Crippen molar-refractivity contribution in [3.8, 4) is 0 Å². The van der Waals surface area contributed by atoms with E-state index in [2.05, 4.69) is 69.3 Å². The molecule has 2 nitrogen and oxygen atoms in total. The molecule has 3 unspecified atom stereocenters. The summed E-state index contributed by atoms with van der Waals surface area (Å²) in [6, 6.07) is 9.33. The third-order valence-electron chi connectivity index (χ3n) is 5.33. The molecule has 0 spiro atoms. The minimum atomic E-state index is 0.330. The highest BCUT2D eigenvalue weighted by Crippen LogP contribution is 2.35. The Morgan fingerprint density at radius 1 is 1.29 bits per heavy atom. The number of rotatable bonds is 5. The van der Waals surface area contributed by atoms with Gasteiger partial charge in [0.1, 0.15) is 0 Å². The molecule has 0 bridgehead atoms. The summed E-state index contributed by atoms with van der Waals surface area (Å²) in [6.45, 7) is 7.91. The predicted octanol–water partition coefficient (Wildman–Crippen LogP) is 4.16. The average Bonchev–Trinajstić information content (AvgIpc) is 2.45. The van der Waals surface area contributed by atoms with Gasteiger partial charge in [-0.25, -0.2) is 0 Å². The Morgan fingerprint density at radius 2 is 1.95 bits per heavy atom. The van der Waals surface area contributed by atoms with Crippen molar-refractivity contribution in [3.63, 3.8) is 0 Å². The lowest BCUT2D eigenvalue weighted by Crippen LogP contribution is -2.54. The maximum absolute atomic E-state index is 3.79. The first-order chi connectivity index (χ1) is 9.93. The molecule has 0 heterocycles. The van der Waals surface area contributed by atoms with Crippen LogP contribution in [-0.2, 0) is 0 Å². The van der Waals surface area contributed by atoms with Crippen molar-refractivity contribution in [1.82, 2.24) is 10.2 Å². The van der Waals surface area contributed by atoms with E-state index in [0.29, 0.717) is 11.6 Å². The van der Waals surface area contributed by atoms with Crippen molar-refractivity contribution in [3.05, 3.63) is 35.4 Å². The molecule has 1 aliphatic carbocycles. The van der Waals surface area contributed by atoms with Crippen LogP contribution in [0, 0.1) is 12.8 Å². The second kappa shape index (κ2) is 6.93. The van der Waals surface area contributed by atoms with Crippen molar-refractivity contribution in [2.45, 2.75) is 58.0 Å². The molecule has 1 aromatic rings. The van der Waals surface area contributed by atoms with E-state index in [9.17, 15) is 0 Å². The summed E-state index contributed by atoms with van der Waals surface area (Å²) in [7, 11) is 4.49. The molecule has 1 aromatic carbocycles. The molecule has 1 saturated carbocycles. The van der Waals surface area contributed by atoms with Crippen LogP contribution in [0.3, 0.4) is 0 Å². The minimum Gasteiger partial charge on any atom is -0.308 e. The van der Waals surface area contributed by atoms with Crippen LogP contribution in [0.1, 0.15) is 56.7 Å². The molecule has 3 atom stereocenters. The van der Waals surface area contributed by atoms with Crippen LogP contribution in [0.4, 0.5) is 0 Å². The number of likely N-dealkylation sites (N-methyl/N-ethyl adjacent to an activating group) is 1. The van der Waals surface area contributed by atoms with Gasteiger partial charge >= 0.3 is 0 Å². The fourth-order valence-corrected chi connectivity index (χ4v) is 3.67. The highest BCUT2D eigenvalue weighted by atomic mass is 15.2. The third-order valence-corrected chi connectivity index (χ3v) is 5.33. The summed E-state index contributed by atoms with van der Waals surface area (Å²) in [6.07, 6.45) is 5.38. The van der Waals surface area contributed by atoms with Gasteiger partial charge in [-0.3, -0.25) is 0 Å². The summed E-state index contributed by atoms with van der Waals surface area (Å²) in [4.78, 5) is 2.46. The van der Waals surface area contributed by atoms with Gasteiger partial charge < -0.3 is 10.2 Å². The summed E-state index contributed by atoms with van der Waals surface area (Å²) in [5.41, 5.74) is 3.05. The van der Waals surface area contributed by atoms with Crippen LogP contribution in [0.15, 0.2) is 24.3 Å². The Hall–Kier alpha value is -0.860. The van der Waals surface area contributed by atoms with Crippen molar-refractivity contribution in [1.29, 1.82) is 0 Å². The zero-order valence-corrected chi connectivity index (χ0v) is 14.4. The standard InChI is InChI=1S/C19H32N2/c1-15-8-10-18(11-9-15)17(3)20-14-19(21(4)5)12-6-7-16(2)13-19/h8-11,16-17,20H,6-7,12-14H2,1-5H3. The van der Waals surface area contributed by atoms with Gasteiger partial charge in [-0.1, -0.05) is 49.6 Å². The van der Waals surface area contributed by atoms with Crippen LogP contribution in [-0.4, -0.2) is 31.1 Å². The summed E-state index contributed by atoms with van der Waals surface area (Å²) in [5.74, 6) is 0.845. The second-order valence-electron chi connectivity index (χ2n) is 7.33. The van der Waals surface area contributed by atoms with Gasteiger partial charge in [0.2, 0.25) is 0 Å². The Bertz CT molecular complexity index is 437. The minimum absolute atomic E-state index is 0.330. The van der Waals surface area contributed by atoms with Gasteiger partial charge in [0.05, 0.1) is 0 Å². The zero-order chi connectivity index (χ0) is 15.5. The van der Waals surface area contributed by atoms with Crippen LogP contribution in [0.25, 0.3) is 0 Å². The Kier molecular flexibility index (Phi) is 5.45. The Balaban J connectivity index is 2.00. The SMILES string of the molecule is Cc1ccc(C(C)NCC2(N(C)C)CCCC(C)C2)cc1. The number of benzene rings is 1. The number of hydrogen-bond acceptors (Lipinski definition) is 2. The molecule has 0 saturated heterocycles. The van der Waals surface area contributed by atoms with Gasteiger partial charge in [0, 0.05) is 18.1 Å². The highest BCUT2D eigenvalue weighted by Gasteiger charge is 2.36. The van der Waals surface area contributed by atoms with E-state index in [-0.39, 0.29) is 0 Å². The lowest BCUT2D eigenvalue weighted by atomic mass is 9.75. The number of nitrogens with one attached hydrogen (secondary N) is 1. The second-order valence-corrected chi connectivity index (χ2v) is 7.33. The lowest BCUT2D eigenvalue weighted by Gasteiger charge is -2.46. The van der Waals surface area contributed by atoms with Crippen LogP contribution in [0.5, 0.6) is 0 Å². The van der Waals surface area contributed by atoms with Crippen molar-refractivity contribution in [2.24, 2.45) is 5.92 Å². The number of nitrogens with zero attached hydrogens (tertiary/aromatic N) is 1. The maximum Gasteiger partial charge on any atom is 0.0330 e. The lowest BCUT2D eigenvalue weighted by molar-refractivity contribution is 0.0728. The van der Waals surface area contributed by atoms with Crippen molar-refractivity contribution >= 4 is 0 Å². The molecule has 21 heavy (non-hydrogen) atoms. The Labute approximate surface area is 130 Å². The molecule has 2 heteroatoms. The highest BCUT2D eigenvalue weighted by molar-refractivity contribution is 5.23. The molecular weight excluding hydrogens is 256 g/mol. The van der Waals surface area contributed by atoms with Crippen LogP contribution < -0.4 is 5.32 Å². The molecule has 0 amide bonds. The number of hydrogen-bond donors (Lipinski definition) is 1. The Morgan fingerprint density at radius 3 is 2.52 bits per heavy atom. The fraction of sp³-hybridized carbons (Fsp3) is 0.684. The molecule has 1 aliphatic rings. The van der Waals surface area contributed by atoms with Gasteiger partial charge in [0.15, 0.2) is 0 Å². The van der Waals surface area contributed by atoms with Gasteiger partial charge in [0.25, 0.3) is 0 Å². The van der Waals surface area contributed by atoms with Gasteiger partial charge in [-0.05, 0) is 52.3 Å². The normalized spacial score (nSPS) is 27.8. The topological polar surface area (TPSA) is 15.3 Å². The monoisotopic (exact) mass is 288 g/mol. The largest absolute Gasteiger partial charge is 0.308 e. The van der Waals surface area contributed by atoms with Crippen molar-refractivity contribution < 1.29 is 0 Å². The average molecular weight is 288 g/mol. The van der Waals surface area contributed by atoms with Gasteiger partial charge in [-0.15, -0.1) is 0 Å². The zero-order valence-electron chi connectivity index (χ0n) is 14.4. The van der Waals surface area contributed by atoms with E-state index in [0.717, 1.165) is 12.5 Å². The van der Waals surface area contributed by atoms with Crippen LogP contribution in [0.2, 0.25) is 0 Å². The predicted molar refractivity (Wildman–Crippen MR) is 91.6 cm³/mol. The molecule has 2 rings (SSSR count). The quantitative estimate of drug-likeness (QED) is 0.875. The first-order valence-corrected chi connectivity index (χ1v) is 8.40. The van der Waals surface area contributed by atoms with E-state index in [4.69, 9.17) is 0 Å². The van der Waals surface area contributed by atoms with Crippen LogP contribution >= 0.6 is 0 Å². The molecular formula is C19H32N2. The molecule has 0 aromatic heterocycles. The van der Waals surface area contributed by atoms with Crippen molar-refractivity contribution in [2.75, 3.05) is 20.6 Å². The molecule has 0 aliphatic heterocycles. The summed E-state index contributed by atoms with van der Waals surface area (Å²) < 4.78 is 0. The molecule has 1 fully saturated rings. The van der Waals surface area contributed by atoms with E-state index < -0.39 is 0 Å². The first kappa shape index (κ1) is 16.5.